The van der Waals surface area contributed by atoms with Crippen molar-refractivity contribution in [1.82, 2.24) is 0 Å². The first kappa shape index (κ1) is 22.2. The zero-order valence-corrected chi connectivity index (χ0v) is 20.0. The predicted molar refractivity (Wildman–Crippen MR) is 138 cm³/mol. The monoisotopic (exact) mass is 480 g/mol. The van der Waals surface area contributed by atoms with Crippen LogP contribution in [0.15, 0.2) is 84.9 Å². The number of hydrogen-bond donors (Lipinski definition) is 1. The SMILES string of the molecule is CCN(CC)c1ccc2c(c1)Oc1ccc(Nc3cccc(F)c3)cc1C21OC(=O)c2ccccc21. The molecule has 0 saturated carbocycles. The topological polar surface area (TPSA) is 50.8 Å². The molecular formula is C30H25FN2O3. The van der Waals surface area contributed by atoms with Crippen LogP contribution in [0.2, 0.25) is 0 Å². The van der Waals surface area contributed by atoms with Crippen LogP contribution in [0.1, 0.15) is 40.9 Å². The number of ether oxygens (including phenoxy) is 2. The van der Waals surface area contributed by atoms with E-state index in [-0.39, 0.29) is 11.8 Å². The molecule has 0 aliphatic carbocycles. The zero-order valence-electron chi connectivity index (χ0n) is 20.0. The van der Waals surface area contributed by atoms with E-state index in [0.29, 0.717) is 28.3 Å². The molecule has 6 heteroatoms. The fourth-order valence-corrected chi connectivity index (χ4v) is 5.26. The van der Waals surface area contributed by atoms with Gasteiger partial charge >= 0.3 is 5.97 Å². The Bertz CT molecular complexity index is 1500. The molecule has 180 valence electrons. The van der Waals surface area contributed by atoms with E-state index in [2.05, 4.69) is 24.1 Å². The van der Waals surface area contributed by atoms with Gasteiger partial charge in [-0.3, -0.25) is 0 Å². The molecule has 0 radical (unpaired) electrons. The molecule has 4 aromatic carbocycles. The van der Waals surface area contributed by atoms with Crippen LogP contribution in [0.25, 0.3) is 0 Å². The average Bonchev–Trinajstić information content (AvgIpc) is 3.18. The van der Waals surface area contributed by atoms with Crippen LogP contribution >= 0.6 is 0 Å². The van der Waals surface area contributed by atoms with Gasteiger partial charge in [-0.2, -0.15) is 0 Å². The van der Waals surface area contributed by atoms with Crippen molar-refractivity contribution >= 4 is 23.0 Å². The Hall–Kier alpha value is -4.32. The van der Waals surface area contributed by atoms with E-state index in [9.17, 15) is 9.18 Å². The lowest BCUT2D eigenvalue weighted by molar-refractivity contribution is 0.0224. The van der Waals surface area contributed by atoms with Crippen LogP contribution in [0.4, 0.5) is 21.5 Å². The molecular weight excluding hydrogens is 455 g/mol. The highest BCUT2D eigenvalue weighted by Gasteiger charge is 2.53. The summed E-state index contributed by atoms with van der Waals surface area (Å²) in [4.78, 5) is 15.4. The summed E-state index contributed by atoms with van der Waals surface area (Å²) in [6, 6.07) is 25.5. The standard InChI is InChI=1S/C30H25FN2O3/c1-3-33(4-2)22-13-14-25-28(18-22)35-27-15-12-21(32-20-9-7-8-19(31)16-20)17-26(27)30(25)24-11-6-5-10-23(24)29(34)36-30/h5-18,32H,3-4H2,1-2H3. The molecule has 5 nitrogen and oxygen atoms in total. The van der Waals surface area contributed by atoms with E-state index in [1.54, 1.807) is 18.2 Å². The van der Waals surface area contributed by atoms with Crippen LogP contribution in [0, 0.1) is 5.82 Å². The normalized spacial score (nSPS) is 17.0. The first-order valence-corrected chi connectivity index (χ1v) is 12.1. The number of rotatable bonds is 5. The second-order valence-electron chi connectivity index (χ2n) is 8.92. The highest BCUT2D eigenvalue weighted by molar-refractivity contribution is 5.97. The van der Waals surface area contributed by atoms with Gasteiger partial charge in [0.05, 0.1) is 5.56 Å². The number of fused-ring (bicyclic) bond motifs is 6. The third kappa shape index (κ3) is 3.33. The summed E-state index contributed by atoms with van der Waals surface area (Å²) in [7, 11) is 0. The summed E-state index contributed by atoms with van der Waals surface area (Å²) in [5.74, 6) is 0.561. The zero-order chi connectivity index (χ0) is 24.9. The Balaban J connectivity index is 1.54. The first-order valence-electron chi connectivity index (χ1n) is 12.1. The molecule has 6 rings (SSSR count). The second-order valence-corrected chi connectivity index (χ2v) is 8.92. The fraction of sp³-hybridized carbons (Fsp3) is 0.167. The van der Waals surface area contributed by atoms with Crippen molar-refractivity contribution in [3.8, 4) is 11.5 Å². The van der Waals surface area contributed by atoms with E-state index >= 15 is 0 Å². The van der Waals surface area contributed by atoms with Gasteiger partial charge in [0.25, 0.3) is 0 Å². The minimum atomic E-state index is -1.15. The van der Waals surface area contributed by atoms with Gasteiger partial charge in [-0.1, -0.05) is 24.3 Å². The molecule has 0 amide bonds. The molecule has 0 aromatic heterocycles. The smallest absolute Gasteiger partial charge is 0.340 e. The van der Waals surface area contributed by atoms with Crippen molar-refractivity contribution in [2.45, 2.75) is 19.4 Å². The van der Waals surface area contributed by atoms with Gasteiger partial charge in [0.15, 0.2) is 5.60 Å². The third-order valence-corrected chi connectivity index (χ3v) is 6.94. The van der Waals surface area contributed by atoms with E-state index < -0.39 is 5.60 Å². The van der Waals surface area contributed by atoms with Crippen molar-refractivity contribution in [1.29, 1.82) is 0 Å². The molecule has 1 unspecified atom stereocenters. The van der Waals surface area contributed by atoms with Gasteiger partial charge in [-0.25, -0.2) is 9.18 Å². The van der Waals surface area contributed by atoms with E-state index in [0.717, 1.165) is 35.6 Å². The lowest BCUT2D eigenvalue weighted by Crippen LogP contribution is -2.33. The Morgan fingerprint density at radius 3 is 2.42 bits per heavy atom. The lowest BCUT2D eigenvalue weighted by atomic mass is 9.77. The van der Waals surface area contributed by atoms with Gasteiger partial charge < -0.3 is 19.7 Å². The Kier molecular flexibility index (Phi) is 5.18. The predicted octanol–water partition coefficient (Wildman–Crippen LogP) is 6.98. The molecule has 0 saturated heterocycles. The maximum Gasteiger partial charge on any atom is 0.340 e. The third-order valence-electron chi connectivity index (χ3n) is 6.94. The molecule has 4 aromatic rings. The van der Waals surface area contributed by atoms with Gasteiger partial charge in [-0.15, -0.1) is 0 Å². The largest absolute Gasteiger partial charge is 0.456 e. The molecule has 2 aliphatic heterocycles. The minimum absolute atomic E-state index is 0.325. The summed E-state index contributed by atoms with van der Waals surface area (Å²) in [5, 5.41) is 3.26. The van der Waals surface area contributed by atoms with Gasteiger partial charge in [0.1, 0.15) is 17.3 Å². The average molecular weight is 481 g/mol. The van der Waals surface area contributed by atoms with E-state index in [1.807, 2.05) is 54.6 Å². The summed E-state index contributed by atoms with van der Waals surface area (Å²) in [6.45, 7) is 5.96. The Labute approximate surface area is 209 Å². The molecule has 2 heterocycles. The molecule has 0 fully saturated rings. The van der Waals surface area contributed by atoms with E-state index in [4.69, 9.17) is 9.47 Å². The Morgan fingerprint density at radius 1 is 0.806 bits per heavy atom. The molecule has 1 atom stereocenters. The lowest BCUT2D eigenvalue weighted by Gasteiger charge is -2.37. The second kappa shape index (κ2) is 8.41. The van der Waals surface area contributed by atoms with Crippen LogP contribution in [-0.4, -0.2) is 19.1 Å². The number of anilines is 3. The summed E-state index contributed by atoms with van der Waals surface area (Å²) >= 11 is 0. The van der Waals surface area contributed by atoms with Crippen LogP contribution in [-0.2, 0) is 10.3 Å². The van der Waals surface area contributed by atoms with Crippen LogP contribution in [0.3, 0.4) is 0 Å². The maximum atomic E-state index is 13.8. The van der Waals surface area contributed by atoms with Crippen LogP contribution in [0.5, 0.6) is 11.5 Å². The summed E-state index contributed by atoms with van der Waals surface area (Å²) in [6.07, 6.45) is 0. The molecule has 36 heavy (non-hydrogen) atoms. The molecule has 0 bridgehead atoms. The van der Waals surface area contributed by atoms with Crippen molar-refractivity contribution in [2.24, 2.45) is 0 Å². The van der Waals surface area contributed by atoms with Gasteiger partial charge in [0.2, 0.25) is 0 Å². The van der Waals surface area contributed by atoms with Crippen molar-refractivity contribution in [2.75, 3.05) is 23.3 Å². The summed E-state index contributed by atoms with van der Waals surface area (Å²) < 4.78 is 26.5. The van der Waals surface area contributed by atoms with Gasteiger partial charge in [-0.05, 0) is 68.4 Å². The summed E-state index contributed by atoms with van der Waals surface area (Å²) in [5.41, 5.74) is 4.03. The maximum absolute atomic E-state index is 13.8. The number of halogens is 1. The minimum Gasteiger partial charge on any atom is -0.456 e. The molecule has 1 spiro atoms. The number of nitrogens with one attached hydrogen (secondary N) is 1. The molecule has 1 N–H and O–H groups in total. The number of benzene rings is 4. The number of carbonyl (C=O) groups excluding carboxylic acids is 1. The fourth-order valence-electron chi connectivity index (χ4n) is 5.26. The van der Waals surface area contributed by atoms with Crippen molar-refractivity contribution < 1.29 is 18.7 Å². The number of hydrogen-bond acceptors (Lipinski definition) is 5. The van der Waals surface area contributed by atoms with Crippen molar-refractivity contribution in [3.05, 3.63) is 113 Å². The van der Waals surface area contributed by atoms with Crippen molar-refractivity contribution in [3.63, 3.8) is 0 Å². The quantitative estimate of drug-likeness (QED) is 0.312. The highest BCUT2D eigenvalue weighted by atomic mass is 19.1. The first-order chi connectivity index (χ1) is 17.5. The number of carbonyl (C=O) groups is 1. The van der Waals surface area contributed by atoms with E-state index in [1.165, 1.54) is 12.1 Å². The number of nitrogens with zero attached hydrogens (tertiary/aromatic N) is 1. The molecule has 2 aliphatic rings. The number of esters is 1. The van der Waals surface area contributed by atoms with Crippen LogP contribution < -0.4 is 15.0 Å². The van der Waals surface area contributed by atoms with Gasteiger partial charge in [0, 0.05) is 52.9 Å². The Morgan fingerprint density at radius 2 is 1.61 bits per heavy atom. The highest BCUT2D eigenvalue weighted by Crippen LogP contribution is 2.57.